The van der Waals surface area contributed by atoms with Crippen molar-refractivity contribution in [2.75, 3.05) is 17.3 Å². The van der Waals surface area contributed by atoms with Gasteiger partial charge in [-0.3, -0.25) is 14.7 Å². The molecule has 28 heavy (non-hydrogen) atoms. The average molecular weight is 373 g/mol. The number of methoxy groups -OCH3 is 1. The van der Waals surface area contributed by atoms with E-state index in [1.165, 1.54) is 5.56 Å². The van der Waals surface area contributed by atoms with E-state index in [2.05, 4.69) is 43.2 Å². The molecule has 5 heteroatoms. The number of fused-ring (bicyclic) bond motifs is 1. The number of carbonyl (C=O) groups excluding carboxylic acids is 1. The third-order valence-corrected chi connectivity index (χ3v) is 5.11. The van der Waals surface area contributed by atoms with Crippen LogP contribution in [0.3, 0.4) is 0 Å². The zero-order valence-corrected chi connectivity index (χ0v) is 16.5. The molecule has 0 aliphatic carbocycles. The molecular formula is C23H23N3O2. The molecule has 3 aromatic rings. The van der Waals surface area contributed by atoms with E-state index < -0.39 is 0 Å². The Balaban J connectivity index is 1.80. The highest BCUT2D eigenvalue weighted by Gasteiger charge is 2.39. The van der Waals surface area contributed by atoms with Crippen molar-refractivity contribution in [1.82, 2.24) is 4.98 Å². The first-order valence-electron chi connectivity index (χ1n) is 9.26. The summed E-state index contributed by atoms with van der Waals surface area (Å²) in [6.45, 7) is 6.25. The fraction of sp³-hybridized carbons (Fsp3) is 0.217. The largest absolute Gasteiger partial charge is 0.497 e. The van der Waals surface area contributed by atoms with Crippen molar-refractivity contribution >= 4 is 17.3 Å². The number of aryl methyl sites for hydroxylation is 3. The Bertz CT molecular complexity index is 1020. The number of amides is 1. The smallest absolute Gasteiger partial charge is 0.262 e. The second-order valence-corrected chi connectivity index (χ2v) is 7.13. The second kappa shape index (κ2) is 7.00. The summed E-state index contributed by atoms with van der Waals surface area (Å²) >= 11 is 0. The summed E-state index contributed by atoms with van der Waals surface area (Å²) in [4.78, 5) is 19.5. The molecule has 2 heterocycles. The standard InChI is InChI=1S/C23H23N3O2/c1-14-12-15(2)20(16(3)13-14)25-22-21-19(6-5-11-24-21)23(27)26(22)17-7-9-18(28-4)10-8-17/h5-13,22,25H,1-4H3/t22-/m1/s1. The number of nitrogens with zero attached hydrogens (tertiary/aromatic N) is 2. The van der Waals surface area contributed by atoms with E-state index in [1.807, 2.05) is 30.3 Å². The predicted molar refractivity (Wildman–Crippen MR) is 111 cm³/mol. The molecule has 1 aromatic heterocycles. The molecule has 5 nitrogen and oxygen atoms in total. The first-order valence-corrected chi connectivity index (χ1v) is 9.26. The maximum Gasteiger partial charge on any atom is 0.262 e. The summed E-state index contributed by atoms with van der Waals surface area (Å²) in [7, 11) is 1.63. The van der Waals surface area contributed by atoms with Crippen LogP contribution < -0.4 is 15.0 Å². The third kappa shape index (κ3) is 2.99. The van der Waals surface area contributed by atoms with Crippen molar-refractivity contribution in [2.24, 2.45) is 0 Å². The molecule has 1 amide bonds. The fourth-order valence-electron chi connectivity index (χ4n) is 3.87. The van der Waals surface area contributed by atoms with Crippen LogP contribution >= 0.6 is 0 Å². The van der Waals surface area contributed by atoms with Crippen molar-refractivity contribution in [3.8, 4) is 5.75 Å². The molecule has 2 aromatic carbocycles. The van der Waals surface area contributed by atoms with Gasteiger partial charge in [0.2, 0.25) is 0 Å². The summed E-state index contributed by atoms with van der Waals surface area (Å²) in [5, 5.41) is 3.58. The molecule has 1 N–H and O–H groups in total. The van der Waals surface area contributed by atoms with E-state index in [0.717, 1.165) is 33.9 Å². The van der Waals surface area contributed by atoms with E-state index in [4.69, 9.17) is 4.74 Å². The highest BCUT2D eigenvalue weighted by molar-refractivity contribution is 6.11. The third-order valence-electron chi connectivity index (χ3n) is 5.11. The lowest BCUT2D eigenvalue weighted by Crippen LogP contribution is -2.32. The van der Waals surface area contributed by atoms with Gasteiger partial charge in [-0.1, -0.05) is 17.7 Å². The molecule has 1 aliphatic rings. The molecule has 0 saturated heterocycles. The highest BCUT2D eigenvalue weighted by atomic mass is 16.5. The van der Waals surface area contributed by atoms with Gasteiger partial charge >= 0.3 is 0 Å². The molecule has 1 atom stereocenters. The maximum atomic E-state index is 13.2. The lowest BCUT2D eigenvalue weighted by molar-refractivity contribution is 0.0993. The van der Waals surface area contributed by atoms with Gasteiger partial charge in [0, 0.05) is 17.6 Å². The van der Waals surface area contributed by atoms with Crippen molar-refractivity contribution in [3.63, 3.8) is 0 Å². The topological polar surface area (TPSA) is 54.5 Å². The van der Waals surface area contributed by atoms with E-state index >= 15 is 0 Å². The molecule has 0 fully saturated rings. The fourth-order valence-corrected chi connectivity index (χ4v) is 3.87. The number of aromatic nitrogens is 1. The van der Waals surface area contributed by atoms with Gasteiger partial charge in [0.25, 0.3) is 5.91 Å². The highest BCUT2D eigenvalue weighted by Crippen LogP contribution is 2.38. The Morgan fingerprint density at radius 2 is 1.71 bits per heavy atom. The lowest BCUT2D eigenvalue weighted by atomic mass is 10.0. The number of carbonyl (C=O) groups is 1. The minimum atomic E-state index is -0.378. The number of benzene rings is 2. The summed E-state index contributed by atoms with van der Waals surface area (Å²) in [5.41, 5.74) is 6.69. The number of anilines is 2. The van der Waals surface area contributed by atoms with Gasteiger partial charge in [0.1, 0.15) is 5.75 Å². The van der Waals surface area contributed by atoms with Gasteiger partial charge in [-0.15, -0.1) is 0 Å². The van der Waals surface area contributed by atoms with Crippen LogP contribution in [0, 0.1) is 20.8 Å². The van der Waals surface area contributed by atoms with E-state index in [-0.39, 0.29) is 12.1 Å². The van der Waals surface area contributed by atoms with E-state index in [1.54, 1.807) is 24.3 Å². The van der Waals surface area contributed by atoms with Crippen LogP contribution in [-0.2, 0) is 0 Å². The van der Waals surface area contributed by atoms with Crippen LogP contribution in [0.15, 0.2) is 54.7 Å². The SMILES string of the molecule is COc1ccc(N2C(=O)c3cccnc3[C@@H]2Nc2c(C)cc(C)cc2C)cc1. The Morgan fingerprint density at radius 1 is 1.04 bits per heavy atom. The van der Waals surface area contributed by atoms with Crippen molar-refractivity contribution < 1.29 is 9.53 Å². The van der Waals surface area contributed by atoms with Crippen LogP contribution in [0.25, 0.3) is 0 Å². The van der Waals surface area contributed by atoms with E-state index in [9.17, 15) is 4.79 Å². The molecule has 142 valence electrons. The first-order chi connectivity index (χ1) is 13.5. The van der Waals surface area contributed by atoms with Crippen LogP contribution in [0.5, 0.6) is 5.75 Å². The van der Waals surface area contributed by atoms with Crippen molar-refractivity contribution in [1.29, 1.82) is 0 Å². The molecule has 0 spiro atoms. The summed E-state index contributed by atoms with van der Waals surface area (Å²) < 4.78 is 5.25. The van der Waals surface area contributed by atoms with Gasteiger partial charge in [-0.05, 0) is 68.3 Å². The quantitative estimate of drug-likeness (QED) is 0.715. The Kier molecular flexibility index (Phi) is 4.51. The number of pyridine rings is 1. The Morgan fingerprint density at radius 3 is 2.36 bits per heavy atom. The maximum absolute atomic E-state index is 13.2. The zero-order valence-electron chi connectivity index (χ0n) is 16.5. The molecule has 0 bridgehead atoms. The van der Waals surface area contributed by atoms with Crippen molar-refractivity contribution in [2.45, 2.75) is 26.9 Å². The minimum absolute atomic E-state index is 0.0619. The van der Waals surface area contributed by atoms with Gasteiger partial charge in [-0.25, -0.2) is 0 Å². The number of hydrogen-bond donors (Lipinski definition) is 1. The summed E-state index contributed by atoms with van der Waals surface area (Å²) in [6, 6.07) is 15.4. The van der Waals surface area contributed by atoms with Crippen LogP contribution in [0.2, 0.25) is 0 Å². The minimum Gasteiger partial charge on any atom is -0.497 e. The molecule has 0 saturated carbocycles. The van der Waals surface area contributed by atoms with Crippen molar-refractivity contribution in [3.05, 3.63) is 82.7 Å². The monoisotopic (exact) mass is 373 g/mol. The molecule has 0 radical (unpaired) electrons. The molecule has 4 rings (SSSR count). The Labute approximate surface area is 165 Å². The normalized spacial score (nSPS) is 15.5. The zero-order chi connectivity index (χ0) is 19.8. The predicted octanol–water partition coefficient (Wildman–Crippen LogP) is 4.79. The molecule has 0 unspecified atom stereocenters. The van der Waals surface area contributed by atoms with Crippen LogP contribution in [0.4, 0.5) is 11.4 Å². The van der Waals surface area contributed by atoms with Gasteiger partial charge in [0.05, 0.1) is 18.4 Å². The number of nitrogens with one attached hydrogen (secondary N) is 1. The number of hydrogen-bond acceptors (Lipinski definition) is 4. The van der Waals surface area contributed by atoms with E-state index in [0.29, 0.717) is 5.56 Å². The van der Waals surface area contributed by atoms with Gasteiger partial charge in [0.15, 0.2) is 6.17 Å². The summed E-state index contributed by atoms with van der Waals surface area (Å²) in [6.07, 6.45) is 1.35. The number of rotatable bonds is 4. The molecule has 1 aliphatic heterocycles. The first kappa shape index (κ1) is 18.0. The number of ether oxygens (including phenoxy) is 1. The lowest BCUT2D eigenvalue weighted by Gasteiger charge is -2.28. The average Bonchev–Trinajstić information content (AvgIpc) is 2.97. The van der Waals surface area contributed by atoms with Crippen LogP contribution in [-0.4, -0.2) is 18.0 Å². The Hall–Kier alpha value is -3.34. The van der Waals surface area contributed by atoms with Gasteiger partial charge < -0.3 is 10.1 Å². The van der Waals surface area contributed by atoms with Gasteiger partial charge in [-0.2, -0.15) is 0 Å². The summed E-state index contributed by atoms with van der Waals surface area (Å²) in [5.74, 6) is 0.689. The second-order valence-electron chi connectivity index (χ2n) is 7.13. The van der Waals surface area contributed by atoms with Crippen LogP contribution in [0.1, 0.15) is 38.9 Å². The molecular weight excluding hydrogens is 350 g/mol.